The van der Waals surface area contributed by atoms with Crippen molar-refractivity contribution in [2.24, 2.45) is 0 Å². The molecule has 0 heterocycles. The number of aryl methyl sites for hydroxylation is 1. The Hall–Kier alpha value is -2.51. The van der Waals surface area contributed by atoms with Gasteiger partial charge in [-0.15, -0.1) is 0 Å². The molecule has 2 aromatic carbocycles. The molecule has 26 heavy (non-hydrogen) atoms. The largest absolute Gasteiger partial charge is 0.429 e. The van der Waals surface area contributed by atoms with Crippen molar-refractivity contribution in [3.63, 3.8) is 0 Å². The Kier molecular flexibility index (Phi) is 5.94. The zero-order chi connectivity index (χ0) is 19.5. The first-order chi connectivity index (χ1) is 12.2. The van der Waals surface area contributed by atoms with Gasteiger partial charge in [0.05, 0.1) is 0 Å². The third-order valence-electron chi connectivity index (χ3n) is 3.50. The van der Waals surface area contributed by atoms with Crippen LogP contribution in [0.2, 0.25) is 0 Å². The van der Waals surface area contributed by atoms with Gasteiger partial charge < -0.3 is 4.74 Å². The summed E-state index contributed by atoms with van der Waals surface area (Å²) in [5.74, 6) is -9.78. The van der Waals surface area contributed by atoms with Crippen molar-refractivity contribution in [2.45, 2.75) is 25.9 Å². The molecule has 0 unspecified atom stereocenters. The molecule has 1 nitrogen and oxygen atoms in total. The maximum Gasteiger partial charge on any atom is 0.429 e. The van der Waals surface area contributed by atoms with Crippen LogP contribution < -0.4 is 4.74 Å². The van der Waals surface area contributed by atoms with Crippen LogP contribution in [0.5, 0.6) is 5.75 Å². The van der Waals surface area contributed by atoms with Crippen LogP contribution in [0.4, 0.5) is 30.7 Å². The first-order valence-electron chi connectivity index (χ1n) is 7.47. The van der Waals surface area contributed by atoms with E-state index in [0.717, 1.165) is 6.07 Å². The monoisotopic (exact) mass is 378 g/mol. The van der Waals surface area contributed by atoms with Crippen molar-refractivity contribution in [1.82, 2.24) is 0 Å². The predicted octanol–water partition coefficient (Wildman–Crippen LogP) is 6.02. The topological polar surface area (TPSA) is 9.23 Å². The Morgan fingerprint density at radius 2 is 1.54 bits per heavy atom. The van der Waals surface area contributed by atoms with Crippen molar-refractivity contribution < 1.29 is 35.5 Å². The minimum Gasteiger partial charge on any atom is -0.429 e. The highest BCUT2D eigenvalue weighted by Crippen LogP contribution is 2.35. The number of ether oxygens (including phenoxy) is 1. The summed E-state index contributed by atoms with van der Waals surface area (Å²) in [7, 11) is 0. The summed E-state index contributed by atoms with van der Waals surface area (Å²) < 4.78 is 99.3. The number of rotatable bonds is 6. The van der Waals surface area contributed by atoms with Gasteiger partial charge in [-0.05, 0) is 31.4 Å². The van der Waals surface area contributed by atoms with Crippen molar-refractivity contribution in [1.29, 1.82) is 0 Å². The number of allylic oxidation sites excluding steroid dienone is 2. The molecule has 0 aromatic heterocycles. The van der Waals surface area contributed by atoms with Gasteiger partial charge in [-0.1, -0.05) is 18.2 Å². The first-order valence-corrected chi connectivity index (χ1v) is 7.47. The van der Waals surface area contributed by atoms with Crippen LogP contribution in [0.1, 0.15) is 24.5 Å². The van der Waals surface area contributed by atoms with Crippen LogP contribution >= 0.6 is 0 Å². The zero-order valence-electron chi connectivity index (χ0n) is 13.4. The summed E-state index contributed by atoms with van der Waals surface area (Å²) in [6.07, 6.45) is -0.572. The quantitative estimate of drug-likeness (QED) is 0.339. The number of hydrogen-bond acceptors (Lipinski definition) is 1. The van der Waals surface area contributed by atoms with Gasteiger partial charge in [0, 0.05) is 12.1 Å². The smallest absolute Gasteiger partial charge is 0.429 e. The molecule has 2 aromatic rings. The normalized spacial score (nSPS) is 12.0. The molecule has 0 N–H and O–H groups in total. The highest BCUT2D eigenvalue weighted by Gasteiger charge is 2.39. The van der Waals surface area contributed by atoms with E-state index in [1.165, 1.54) is 0 Å². The summed E-state index contributed by atoms with van der Waals surface area (Å²) in [4.78, 5) is 0. The van der Waals surface area contributed by atoms with Gasteiger partial charge in [0.25, 0.3) is 0 Å². The fourth-order valence-corrected chi connectivity index (χ4v) is 2.21. The highest BCUT2D eigenvalue weighted by molar-refractivity contribution is 5.31. The van der Waals surface area contributed by atoms with Gasteiger partial charge in [-0.3, -0.25) is 0 Å². The molecule has 140 valence electrons. The molecule has 0 aliphatic rings. The number of benzene rings is 2. The van der Waals surface area contributed by atoms with Crippen LogP contribution in [0.3, 0.4) is 0 Å². The summed E-state index contributed by atoms with van der Waals surface area (Å²) in [6, 6.07) is 1.94. The number of halogens is 7. The first kappa shape index (κ1) is 19.8. The summed E-state index contributed by atoms with van der Waals surface area (Å²) in [5, 5.41) is 0. The second-order valence-corrected chi connectivity index (χ2v) is 5.33. The fourth-order valence-electron chi connectivity index (χ4n) is 2.21. The SMILES string of the molecule is C/C=C/CCc1ccc(C(F)(F)Oc2cc(F)c(F)c(F)c2)c(F)c1F. The van der Waals surface area contributed by atoms with Gasteiger partial charge in [0.2, 0.25) is 0 Å². The van der Waals surface area contributed by atoms with E-state index in [1.807, 2.05) is 0 Å². The van der Waals surface area contributed by atoms with Gasteiger partial charge in [0.15, 0.2) is 29.1 Å². The van der Waals surface area contributed by atoms with Crippen LogP contribution in [0.25, 0.3) is 0 Å². The predicted molar refractivity (Wildman–Crippen MR) is 80.3 cm³/mol. The lowest BCUT2D eigenvalue weighted by Crippen LogP contribution is -2.24. The fraction of sp³-hybridized carbons (Fsp3) is 0.222. The lowest BCUT2D eigenvalue weighted by molar-refractivity contribution is -0.188. The van der Waals surface area contributed by atoms with Crippen LogP contribution in [0, 0.1) is 29.1 Å². The van der Waals surface area contributed by atoms with Crippen molar-refractivity contribution in [3.05, 3.63) is 76.6 Å². The van der Waals surface area contributed by atoms with Crippen molar-refractivity contribution in [3.8, 4) is 5.75 Å². The minimum atomic E-state index is -4.44. The van der Waals surface area contributed by atoms with Crippen LogP contribution in [-0.2, 0) is 12.5 Å². The lowest BCUT2D eigenvalue weighted by Gasteiger charge is -2.20. The van der Waals surface area contributed by atoms with Crippen molar-refractivity contribution >= 4 is 0 Å². The molecular formula is C18H13F7O. The van der Waals surface area contributed by atoms with Crippen LogP contribution in [-0.4, -0.2) is 0 Å². The molecule has 0 fully saturated rings. The Balaban J connectivity index is 2.32. The molecule has 0 aliphatic carbocycles. The average molecular weight is 378 g/mol. The Morgan fingerprint density at radius 1 is 0.923 bits per heavy atom. The molecule has 0 bridgehead atoms. The highest BCUT2D eigenvalue weighted by atomic mass is 19.3. The van der Waals surface area contributed by atoms with Gasteiger partial charge in [-0.2, -0.15) is 8.78 Å². The molecule has 8 heteroatoms. The molecule has 0 saturated heterocycles. The number of alkyl halides is 2. The average Bonchev–Trinajstić information content (AvgIpc) is 2.56. The van der Waals surface area contributed by atoms with Crippen molar-refractivity contribution in [2.75, 3.05) is 0 Å². The molecular weight excluding hydrogens is 365 g/mol. The summed E-state index contributed by atoms with van der Waals surface area (Å²) >= 11 is 0. The molecule has 0 radical (unpaired) electrons. The van der Waals surface area contributed by atoms with E-state index in [1.54, 1.807) is 19.1 Å². The standard InChI is InChI=1S/C18H13F7O/c1-2-3-4-5-10-6-7-12(16(22)15(10)21)18(24,25)26-11-8-13(19)17(23)14(20)9-11/h2-3,6-9H,4-5H2,1H3/b3-2+. The van der Waals surface area contributed by atoms with Gasteiger partial charge >= 0.3 is 6.11 Å². The Labute approximate surface area is 144 Å². The van der Waals surface area contributed by atoms with Gasteiger partial charge in [-0.25, -0.2) is 22.0 Å². The van der Waals surface area contributed by atoms with E-state index in [2.05, 4.69) is 4.74 Å². The minimum absolute atomic E-state index is 0.0915. The van der Waals surface area contributed by atoms with E-state index in [0.29, 0.717) is 12.5 Å². The molecule has 0 saturated carbocycles. The van der Waals surface area contributed by atoms with E-state index in [-0.39, 0.29) is 24.1 Å². The molecule has 0 aliphatic heterocycles. The molecule has 0 amide bonds. The van der Waals surface area contributed by atoms with Crippen LogP contribution in [0.15, 0.2) is 36.4 Å². The third kappa shape index (κ3) is 4.17. The van der Waals surface area contributed by atoms with Gasteiger partial charge in [0.1, 0.15) is 11.3 Å². The molecule has 2 rings (SSSR count). The second-order valence-electron chi connectivity index (χ2n) is 5.33. The van der Waals surface area contributed by atoms with E-state index in [9.17, 15) is 30.7 Å². The second kappa shape index (κ2) is 7.80. The summed E-state index contributed by atoms with van der Waals surface area (Å²) in [6.45, 7) is 1.74. The number of hydrogen-bond donors (Lipinski definition) is 0. The van der Waals surface area contributed by atoms with E-state index >= 15 is 0 Å². The summed E-state index contributed by atoms with van der Waals surface area (Å²) in [5.41, 5.74) is -1.56. The Morgan fingerprint density at radius 3 is 2.12 bits per heavy atom. The Bertz CT molecular complexity index is 808. The molecule has 0 spiro atoms. The zero-order valence-corrected chi connectivity index (χ0v) is 13.4. The third-order valence-corrected chi connectivity index (χ3v) is 3.50. The maximum atomic E-state index is 14.1. The lowest BCUT2D eigenvalue weighted by atomic mass is 10.0. The van der Waals surface area contributed by atoms with E-state index in [4.69, 9.17) is 0 Å². The molecule has 0 atom stereocenters. The maximum absolute atomic E-state index is 14.1. The van der Waals surface area contributed by atoms with E-state index < -0.39 is 46.5 Å².